The van der Waals surface area contributed by atoms with Crippen molar-refractivity contribution >= 4 is 31.7 Å². The molecule has 13 nitrogen and oxygen atoms in total. The average Bonchev–Trinajstić information content (AvgIpc) is 2.84. The fourth-order valence-electron chi connectivity index (χ4n) is 3.16. The van der Waals surface area contributed by atoms with E-state index in [4.69, 9.17) is 4.74 Å². The first-order valence-corrected chi connectivity index (χ1v) is 15.3. The van der Waals surface area contributed by atoms with E-state index in [1.54, 1.807) is 39.0 Å². The van der Waals surface area contributed by atoms with E-state index in [1.165, 1.54) is 24.8 Å². The van der Waals surface area contributed by atoms with Gasteiger partial charge in [0.2, 0.25) is 30.0 Å². The van der Waals surface area contributed by atoms with Gasteiger partial charge < -0.3 is 15.4 Å². The van der Waals surface area contributed by atoms with Crippen LogP contribution in [0.5, 0.6) is 0 Å². The molecule has 0 bridgehead atoms. The van der Waals surface area contributed by atoms with Crippen LogP contribution in [-0.2, 0) is 24.4 Å². The van der Waals surface area contributed by atoms with E-state index >= 15 is 0 Å². The number of alkyl carbamates (subject to hydrolysis) is 1. The molecule has 0 spiro atoms. The molecule has 2 N–H and O–H groups in total. The molecule has 39 heavy (non-hydrogen) atoms. The number of nitrogens with one attached hydrogen (secondary N) is 2. The number of hydrogen-bond acceptors (Lipinski definition) is 11. The van der Waals surface area contributed by atoms with Gasteiger partial charge in [-0.1, -0.05) is 0 Å². The molecule has 0 fully saturated rings. The monoisotopic (exact) mass is 576 g/mol. The minimum atomic E-state index is -3.61. The second-order valence-electron chi connectivity index (χ2n) is 9.54. The summed E-state index contributed by atoms with van der Waals surface area (Å²) in [6, 6.07) is 4.80. The van der Waals surface area contributed by atoms with Gasteiger partial charge in [0.1, 0.15) is 5.60 Å². The second kappa shape index (κ2) is 11.4. The van der Waals surface area contributed by atoms with Crippen molar-refractivity contribution in [3.63, 3.8) is 0 Å². The number of ether oxygens (including phenoxy) is 1. The van der Waals surface area contributed by atoms with E-state index in [-0.39, 0.29) is 29.0 Å². The summed E-state index contributed by atoms with van der Waals surface area (Å²) >= 11 is 0. The number of hydrogen-bond donors (Lipinski definition) is 2. The highest BCUT2D eigenvalue weighted by Gasteiger charge is 2.17. The molecule has 0 aliphatic rings. The Morgan fingerprint density at radius 3 is 1.51 bits per heavy atom. The van der Waals surface area contributed by atoms with E-state index in [1.807, 2.05) is 0 Å². The van der Waals surface area contributed by atoms with Gasteiger partial charge in [-0.2, -0.15) is 0 Å². The van der Waals surface area contributed by atoms with Crippen LogP contribution in [0.1, 0.15) is 31.1 Å². The van der Waals surface area contributed by atoms with Crippen LogP contribution < -0.4 is 10.6 Å². The Morgan fingerprint density at radius 2 is 1.13 bits per heavy atom. The Morgan fingerprint density at radius 1 is 0.718 bits per heavy atom. The summed E-state index contributed by atoms with van der Waals surface area (Å²) < 4.78 is 52.1. The van der Waals surface area contributed by atoms with E-state index in [2.05, 4.69) is 30.6 Å². The second-order valence-corrected chi connectivity index (χ2v) is 13.4. The maximum Gasteiger partial charge on any atom is 0.407 e. The third-order valence-corrected chi connectivity index (χ3v) is 6.61. The molecule has 3 aromatic rings. The first-order valence-electron chi connectivity index (χ1n) is 11.5. The predicted molar refractivity (Wildman–Crippen MR) is 141 cm³/mol. The fourth-order valence-corrected chi connectivity index (χ4v) is 4.14. The maximum atomic E-state index is 13.0. The lowest BCUT2D eigenvalue weighted by Gasteiger charge is -2.19. The van der Waals surface area contributed by atoms with Crippen molar-refractivity contribution in [1.82, 2.24) is 30.6 Å². The smallest absolute Gasteiger partial charge is 0.407 e. The van der Waals surface area contributed by atoms with Crippen molar-refractivity contribution in [2.24, 2.45) is 0 Å². The Kier molecular flexibility index (Phi) is 8.65. The molecule has 2 heterocycles. The van der Waals surface area contributed by atoms with Gasteiger partial charge in [0.05, 0.1) is 0 Å². The van der Waals surface area contributed by atoms with Crippen LogP contribution in [0.3, 0.4) is 0 Å². The Labute approximate surface area is 226 Å². The predicted octanol–water partition coefficient (Wildman–Crippen LogP) is 1.66. The molecule has 3 rings (SSSR count). The standard InChI is InChI=1S/C24H28N6O7S2/c1-24(2,3)37-23(32)26-7-6-25-20(31)17-9-15(18-11-27-21(28-12-18)38(4,33)34)8-16(10-17)19-13-29-22(30-14-19)39(5,35)36/h8-14H,6-7H2,1-5H3,(H,25,31)(H,26,32). The van der Waals surface area contributed by atoms with Crippen LogP contribution in [0.2, 0.25) is 0 Å². The van der Waals surface area contributed by atoms with Crippen LogP contribution in [-0.4, -0.2) is 80.0 Å². The number of carbonyl (C=O) groups is 2. The molecule has 0 aliphatic carbocycles. The van der Waals surface area contributed by atoms with Gasteiger partial charge in [-0.25, -0.2) is 41.6 Å². The first kappa shape index (κ1) is 29.6. The van der Waals surface area contributed by atoms with Gasteiger partial charge in [-0.05, 0) is 50.1 Å². The first-order chi connectivity index (χ1) is 18.0. The molecular formula is C24H28N6O7S2. The summed E-state index contributed by atoms with van der Waals surface area (Å²) in [5.41, 5.74) is 1.39. The lowest BCUT2D eigenvalue weighted by molar-refractivity contribution is 0.0526. The minimum absolute atomic E-state index is 0.107. The van der Waals surface area contributed by atoms with Crippen molar-refractivity contribution in [2.75, 3.05) is 25.6 Å². The molecule has 0 saturated carbocycles. The molecule has 15 heteroatoms. The highest BCUT2D eigenvalue weighted by atomic mass is 32.2. The van der Waals surface area contributed by atoms with Crippen LogP contribution in [0.25, 0.3) is 22.3 Å². The van der Waals surface area contributed by atoms with Gasteiger partial charge in [-0.15, -0.1) is 0 Å². The normalized spacial score (nSPS) is 12.0. The van der Waals surface area contributed by atoms with E-state index in [0.717, 1.165) is 12.5 Å². The van der Waals surface area contributed by atoms with Gasteiger partial charge in [0.15, 0.2) is 0 Å². The summed E-state index contributed by atoms with van der Waals surface area (Å²) in [4.78, 5) is 40.4. The lowest BCUT2D eigenvalue weighted by atomic mass is 9.98. The van der Waals surface area contributed by atoms with Gasteiger partial charge in [0.25, 0.3) is 5.91 Å². The van der Waals surface area contributed by atoms with E-state index in [0.29, 0.717) is 22.3 Å². The molecule has 2 aromatic heterocycles. The highest BCUT2D eigenvalue weighted by molar-refractivity contribution is 7.90. The van der Waals surface area contributed by atoms with E-state index < -0.39 is 37.3 Å². The van der Waals surface area contributed by atoms with Crippen molar-refractivity contribution < 1.29 is 31.2 Å². The van der Waals surface area contributed by atoms with Crippen molar-refractivity contribution in [2.45, 2.75) is 36.7 Å². The number of sulfone groups is 2. The van der Waals surface area contributed by atoms with Crippen molar-refractivity contribution in [3.05, 3.63) is 48.5 Å². The summed E-state index contributed by atoms with van der Waals surface area (Å²) in [6.45, 7) is 5.43. The zero-order valence-electron chi connectivity index (χ0n) is 21.9. The van der Waals surface area contributed by atoms with Gasteiger partial charge >= 0.3 is 6.09 Å². The topological polar surface area (TPSA) is 187 Å². The maximum absolute atomic E-state index is 13.0. The summed E-state index contributed by atoms with van der Waals surface area (Å²) in [7, 11) is -7.22. The average molecular weight is 577 g/mol. The number of benzene rings is 1. The van der Waals surface area contributed by atoms with Crippen molar-refractivity contribution in [1.29, 1.82) is 0 Å². The van der Waals surface area contributed by atoms with Crippen LogP contribution >= 0.6 is 0 Å². The van der Waals surface area contributed by atoms with Gasteiger partial charge in [0, 0.05) is 67.1 Å². The molecule has 0 aliphatic heterocycles. The molecule has 0 unspecified atom stereocenters. The van der Waals surface area contributed by atoms with E-state index in [9.17, 15) is 26.4 Å². The molecule has 0 radical (unpaired) electrons. The number of carbonyl (C=O) groups excluding carboxylic acids is 2. The number of amides is 2. The zero-order valence-corrected chi connectivity index (χ0v) is 23.6. The molecule has 2 amide bonds. The largest absolute Gasteiger partial charge is 0.444 e. The summed E-state index contributed by atoms with van der Waals surface area (Å²) in [5, 5.41) is 4.56. The Bertz CT molecular complexity index is 1490. The zero-order chi connectivity index (χ0) is 29.0. The van der Waals surface area contributed by atoms with Crippen LogP contribution in [0.15, 0.2) is 53.3 Å². The summed E-state index contributed by atoms with van der Waals surface area (Å²) in [5.74, 6) is -0.466. The number of aromatic nitrogens is 4. The lowest BCUT2D eigenvalue weighted by Crippen LogP contribution is -2.37. The SMILES string of the molecule is CC(C)(C)OC(=O)NCCNC(=O)c1cc(-c2cnc(S(C)(=O)=O)nc2)cc(-c2cnc(S(C)(=O)=O)nc2)c1. The molecule has 0 atom stereocenters. The quantitative estimate of drug-likeness (QED) is 0.293. The van der Waals surface area contributed by atoms with Gasteiger partial charge in [-0.3, -0.25) is 4.79 Å². The Hall–Kier alpha value is -3.98. The molecular weight excluding hydrogens is 548 g/mol. The third-order valence-electron chi connectivity index (χ3n) is 4.86. The molecule has 1 aromatic carbocycles. The molecule has 0 saturated heterocycles. The fraction of sp³-hybridized carbons (Fsp3) is 0.333. The summed E-state index contributed by atoms with van der Waals surface area (Å²) in [6.07, 6.45) is 6.63. The minimum Gasteiger partial charge on any atom is -0.444 e. The number of rotatable bonds is 8. The van der Waals surface area contributed by atoms with Crippen molar-refractivity contribution in [3.8, 4) is 22.3 Å². The molecule has 208 valence electrons. The van der Waals surface area contributed by atoms with Crippen LogP contribution in [0.4, 0.5) is 4.79 Å². The number of nitrogens with zero attached hydrogens (tertiary/aromatic N) is 4. The van der Waals surface area contributed by atoms with Crippen LogP contribution in [0, 0.1) is 0 Å². The third kappa shape index (κ3) is 8.51. The highest BCUT2D eigenvalue weighted by Crippen LogP contribution is 2.28. The Balaban J connectivity index is 1.90.